The molecule has 1 aliphatic rings. The van der Waals surface area contributed by atoms with Crippen LogP contribution in [0.2, 0.25) is 5.02 Å². The molecule has 1 aromatic carbocycles. The number of hydrogen-bond acceptors (Lipinski definition) is 2. The van der Waals surface area contributed by atoms with E-state index in [1.165, 1.54) is 0 Å². The maximum Gasteiger partial charge on any atom is 0.253 e. The van der Waals surface area contributed by atoms with Gasteiger partial charge in [0.2, 0.25) is 0 Å². The van der Waals surface area contributed by atoms with E-state index in [-0.39, 0.29) is 5.91 Å². The zero-order valence-corrected chi connectivity index (χ0v) is 10.7. The molecule has 2 N–H and O–H groups in total. The van der Waals surface area contributed by atoms with E-state index in [0.717, 1.165) is 25.9 Å². The van der Waals surface area contributed by atoms with Crippen LogP contribution >= 0.6 is 11.6 Å². The summed E-state index contributed by atoms with van der Waals surface area (Å²) in [4.78, 5) is 14.1. The van der Waals surface area contributed by atoms with Crippen LogP contribution in [0.25, 0.3) is 0 Å². The van der Waals surface area contributed by atoms with Crippen LogP contribution in [-0.4, -0.2) is 23.9 Å². The summed E-state index contributed by atoms with van der Waals surface area (Å²) in [6.45, 7) is 3.87. The number of nitrogens with two attached hydrogens (primary N) is 1. The number of nitrogen functional groups attached to an aromatic ring is 1. The number of likely N-dealkylation sites (tertiary alicyclic amines) is 1. The molecule has 4 heteroatoms. The molecular weight excluding hydrogens is 236 g/mol. The fraction of sp³-hybridized carbons (Fsp3) is 0.462. The number of rotatable bonds is 2. The predicted molar refractivity (Wildman–Crippen MR) is 70.2 cm³/mol. The topological polar surface area (TPSA) is 46.3 Å². The standard InChI is InChI=1S/C13H17ClN2O/c1-2-9-5-6-16(8-9)13(17)10-3-4-12(15)11(14)7-10/h3-4,7,9H,2,5-6,8,15H2,1H3. The lowest BCUT2D eigenvalue weighted by Crippen LogP contribution is -2.28. The van der Waals surface area contributed by atoms with Crippen molar-refractivity contribution < 1.29 is 4.79 Å². The van der Waals surface area contributed by atoms with Crippen molar-refractivity contribution >= 4 is 23.2 Å². The summed E-state index contributed by atoms with van der Waals surface area (Å²) in [6.07, 6.45) is 2.23. The van der Waals surface area contributed by atoms with E-state index in [9.17, 15) is 4.79 Å². The molecule has 1 amide bonds. The summed E-state index contributed by atoms with van der Waals surface area (Å²) in [5, 5.41) is 0.446. The van der Waals surface area contributed by atoms with Crippen molar-refractivity contribution in [3.05, 3.63) is 28.8 Å². The van der Waals surface area contributed by atoms with Crippen molar-refractivity contribution in [3.8, 4) is 0 Å². The maximum absolute atomic E-state index is 12.2. The fourth-order valence-corrected chi connectivity index (χ4v) is 2.37. The zero-order chi connectivity index (χ0) is 12.4. The highest BCUT2D eigenvalue weighted by Crippen LogP contribution is 2.24. The van der Waals surface area contributed by atoms with Crippen LogP contribution in [-0.2, 0) is 0 Å². The second-order valence-electron chi connectivity index (χ2n) is 4.55. The lowest BCUT2D eigenvalue weighted by Gasteiger charge is -2.16. The van der Waals surface area contributed by atoms with Gasteiger partial charge in [0.15, 0.2) is 0 Å². The Morgan fingerprint density at radius 3 is 2.94 bits per heavy atom. The third-order valence-corrected chi connectivity index (χ3v) is 3.73. The molecular formula is C13H17ClN2O. The lowest BCUT2D eigenvalue weighted by molar-refractivity contribution is 0.0787. The number of halogens is 1. The number of anilines is 1. The van der Waals surface area contributed by atoms with Gasteiger partial charge in [-0.2, -0.15) is 0 Å². The maximum atomic E-state index is 12.2. The van der Waals surface area contributed by atoms with Gasteiger partial charge in [0, 0.05) is 18.7 Å². The van der Waals surface area contributed by atoms with Gasteiger partial charge in [-0.15, -0.1) is 0 Å². The molecule has 2 rings (SSSR count). The van der Waals surface area contributed by atoms with E-state index in [1.54, 1.807) is 18.2 Å². The molecule has 0 bridgehead atoms. The third-order valence-electron chi connectivity index (χ3n) is 3.40. The second kappa shape index (κ2) is 4.96. The van der Waals surface area contributed by atoms with Crippen LogP contribution < -0.4 is 5.73 Å². The Hall–Kier alpha value is -1.22. The minimum atomic E-state index is 0.0582. The van der Waals surface area contributed by atoms with Crippen molar-refractivity contribution in [1.29, 1.82) is 0 Å². The van der Waals surface area contributed by atoms with E-state index in [4.69, 9.17) is 17.3 Å². The average molecular weight is 253 g/mol. The minimum absolute atomic E-state index is 0.0582. The molecule has 0 spiro atoms. The van der Waals surface area contributed by atoms with Gasteiger partial charge in [-0.1, -0.05) is 24.9 Å². The molecule has 1 atom stereocenters. The van der Waals surface area contributed by atoms with Crippen LogP contribution in [0.5, 0.6) is 0 Å². The fourth-order valence-electron chi connectivity index (χ4n) is 2.19. The van der Waals surface area contributed by atoms with Crippen LogP contribution in [0, 0.1) is 5.92 Å². The number of amides is 1. The molecule has 1 fully saturated rings. The number of carbonyl (C=O) groups is 1. The highest BCUT2D eigenvalue weighted by Gasteiger charge is 2.25. The summed E-state index contributed by atoms with van der Waals surface area (Å²) in [6, 6.07) is 5.07. The Labute approximate surface area is 107 Å². The molecule has 1 heterocycles. The first-order chi connectivity index (χ1) is 8.11. The SMILES string of the molecule is CCC1CCN(C(=O)c2ccc(N)c(Cl)c2)C1. The van der Waals surface area contributed by atoms with Crippen LogP contribution in [0.15, 0.2) is 18.2 Å². The van der Waals surface area contributed by atoms with E-state index >= 15 is 0 Å². The van der Waals surface area contributed by atoms with Crippen molar-refractivity contribution in [1.82, 2.24) is 4.90 Å². The van der Waals surface area contributed by atoms with Gasteiger partial charge in [0.25, 0.3) is 5.91 Å². The Kier molecular flexibility index (Phi) is 3.57. The zero-order valence-electron chi connectivity index (χ0n) is 9.95. The Bertz CT molecular complexity index is 433. The normalized spacial score (nSPS) is 19.6. The molecule has 1 aliphatic heterocycles. The molecule has 0 aliphatic carbocycles. The molecule has 1 saturated heterocycles. The summed E-state index contributed by atoms with van der Waals surface area (Å²) < 4.78 is 0. The van der Waals surface area contributed by atoms with E-state index in [2.05, 4.69) is 6.92 Å². The highest BCUT2D eigenvalue weighted by atomic mass is 35.5. The van der Waals surface area contributed by atoms with Gasteiger partial charge in [0.05, 0.1) is 10.7 Å². The third kappa shape index (κ3) is 2.55. The summed E-state index contributed by atoms with van der Waals surface area (Å²) in [7, 11) is 0. The largest absolute Gasteiger partial charge is 0.398 e. The van der Waals surface area contributed by atoms with E-state index < -0.39 is 0 Å². The number of nitrogens with zero attached hydrogens (tertiary/aromatic N) is 1. The molecule has 3 nitrogen and oxygen atoms in total. The van der Waals surface area contributed by atoms with Gasteiger partial charge >= 0.3 is 0 Å². The molecule has 0 saturated carbocycles. The van der Waals surface area contributed by atoms with Gasteiger partial charge in [-0.25, -0.2) is 0 Å². The molecule has 1 aromatic rings. The van der Waals surface area contributed by atoms with E-state index in [1.807, 2.05) is 4.90 Å². The van der Waals surface area contributed by atoms with Gasteiger partial charge < -0.3 is 10.6 Å². The monoisotopic (exact) mass is 252 g/mol. The predicted octanol–water partition coefficient (Wildman–Crippen LogP) is 2.79. The van der Waals surface area contributed by atoms with Crippen LogP contribution in [0.3, 0.4) is 0 Å². The van der Waals surface area contributed by atoms with Gasteiger partial charge in [0.1, 0.15) is 0 Å². The first-order valence-corrected chi connectivity index (χ1v) is 6.34. The quantitative estimate of drug-likeness (QED) is 0.823. The molecule has 17 heavy (non-hydrogen) atoms. The van der Waals surface area contributed by atoms with Crippen molar-refractivity contribution in [2.45, 2.75) is 19.8 Å². The smallest absolute Gasteiger partial charge is 0.253 e. The summed E-state index contributed by atoms with van der Waals surface area (Å²) in [5.41, 5.74) is 6.77. The van der Waals surface area contributed by atoms with Crippen LogP contribution in [0.4, 0.5) is 5.69 Å². The Morgan fingerprint density at radius 1 is 1.59 bits per heavy atom. The summed E-state index contributed by atoms with van der Waals surface area (Å²) in [5.74, 6) is 0.700. The van der Waals surface area contributed by atoms with Crippen molar-refractivity contribution in [2.75, 3.05) is 18.8 Å². The van der Waals surface area contributed by atoms with Gasteiger partial charge in [-0.3, -0.25) is 4.79 Å². The van der Waals surface area contributed by atoms with E-state index in [0.29, 0.717) is 22.2 Å². The molecule has 1 unspecified atom stereocenters. The molecule has 0 aromatic heterocycles. The van der Waals surface area contributed by atoms with Crippen molar-refractivity contribution in [2.24, 2.45) is 5.92 Å². The number of benzene rings is 1. The number of carbonyl (C=O) groups excluding carboxylic acids is 1. The lowest BCUT2D eigenvalue weighted by atomic mass is 10.1. The molecule has 0 radical (unpaired) electrons. The minimum Gasteiger partial charge on any atom is -0.398 e. The van der Waals surface area contributed by atoms with Gasteiger partial charge in [-0.05, 0) is 30.5 Å². The average Bonchev–Trinajstić information content (AvgIpc) is 2.80. The number of hydrogen-bond donors (Lipinski definition) is 1. The first-order valence-electron chi connectivity index (χ1n) is 5.96. The van der Waals surface area contributed by atoms with Crippen LogP contribution in [0.1, 0.15) is 30.1 Å². The Morgan fingerprint density at radius 2 is 2.35 bits per heavy atom. The molecule has 92 valence electrons. The highest BCUT2D eigenvalue weighted by molar-refractivity contribution is 6.33. The first kappa shape index (κ1) is 12.2. The Balaban J connectivity index is 2.12. The van der Waals surface area contributed by atoms with Crippen molar-refractivity contribution in [3.63, 3.8) is 0 Å². The second-order valence-corrected chi connectivity index (χ2v) is 4.96. The summed E-state index contributed by atoms with van der Waals surface area (Å²) >= 11 is 5.92.